The van der Waals surface area contributed by atoms with Crippen LogP contribution in [0.3, 0.4) is 0 Å². The fraction of sp³-hybridized carbons (Fsp3) is 0.714. The molecule has 0 aliphatic carbocycles. The van der Waals surface area contributed by atoms with Crippen LogP contribution in [0.1, 0.15) is 20.3 Å². The molecule has 2 heterocycles. The summed E-state index contributed by atoms with van der Waals surface area (Å²) in [7, 11) is 3.21. The monoisotopic (exact) mass is 281 g/mol. The summed E-state index contributed by atoms with van der Waals surface area (Å²) in [5, 5.41) is 10.8. The molecule has 1 saturated heterocycles. The Morgan fingerprint density at radius 2 is 2.10 bits per heavy atom. The van der Waals surface area contributed by atoms with E-state index in [2.05, 4.69) is 28.7 Å². The van der Waals surface area contributed by atoms with Gasteiger partial charge in [0.25, 0.3) is 0 Å². The second kappa shape index (κ2) is 5.54. The number of aromatic nitrogens is 2. The lowest BCUT2D eigenvalue weighted by atomic mass is 9.70. The maximum Gasteiger partial charge on any atom is 0.218 e. The highest BCUT2D eigenvalue weighted by Crippen LogP contribution is 2.40. The minimum Gasteiger partial charge on any atom is -0.481 e. The second-order valence-electron chi connectivity index (χ2n) is 5.94. The van der Waals surface area contributed by atoms with Gasteiger partial charge < -0.3 is 19.5 Å². The Bertz CT molecular complexity index is 467. The van der Waals surface area contributed by atoms with Crippen LogP contribution >= 0.6 is 0 Å². The summed E-state index contributed by atoms with van der Waals surface area (Å²) in [6, 6.07) is 1.82. The predicted octanol–water partition coefficient (Wildman–Crippen LogP) is 1.10. The topological polar surface area (TPSA) is 67.7 Å². The van der Waals surface area contributed by atoms with Gasteiger partial charge in [-0.15, -0.1) is 0 Å². The van der Waals surface area contributed by atoms with Gasteiger partial charge in [0, 0.05) is 31.7 Å². The van der Waals surface area contributed by atoms with Crippen LogP contribution in [0.15, 0.2) is 12.4 Å². The number of hydrogen-bond donors (Lipinski definition) is 1. The normalized spacial score (nSPS) is 25.6. The molecule has 0 aromatic carbocycles. The van der Waals surface area contributed by atoms with E-state index < -0.39 is 5.60 Å². The number of methoxy groups -OCH3 is 2. The van der Waals surface area contributed by atoms with Crippen molar-refractivity contribution in [2.24, 2.45) is 5.41 Å². The van der Waals surface area contributed by atoms with Gasteiger partial charge in [-0.25, -0.2) is 9.97 Å². The Morgan fingerprint density at radius 3 is 2.70 bits per heavy atom. The summed E-state index contributed by atoms with van der Waals surface area (Å²) in [5.74, 6) is 1.37. The van der Waals surface area contributed by atoms with E-state index in [-0.39, 0.29) is 5.41 Å². The maximum absolute atomic E-state index is 10.8. The molecular formula is C14H23N3O3. The number of ether oxygens (including phenoxy) is 2. The van der Waals surface area contributed by atoms with Crippen LogP contribution in [0, 0.1) is 5.41 Å². The molecule has 0 radical (unpaired) electrons. The first kappa shape index (κ1) is 15.0. The Morgan fingerprint density at radius 1 is 1.35 bits per heavy atom. The third kappa shape index (κ3) is 2.71. The van der Waals surface area contributed by atoms with Crippen molar-refractivity contribution in [2.75, 3.05) is 38.8 Å². The van der Waals surface area contributed by atoms with Crippen LogP contribution in [0.2, 0.25) is 0 Å². The molecule has 1 aromatic rings. The standard InChI is InChI=1S/C14H23N3O3/c1-13(2)8-17(6-5-14(13,18)9-19-3)11-7-12(20-4)16-10-15-11/h7,10,18H,5-6,8-9H2,1-4H3/t14-/m1/s1. The number of rotatable bonds is 4. The van der Waals surface area contributed by atoms with Crippen molar-refractivity contribution in [3.05, 3.63) is 12.4 Å². The summed E-state index contributed by atoms with van der Waals surface area (Å²) in [6.45, 7) is 5.88. The van der Waals surface area contributed by atoms with Crippen molar-refractivity contribution in [3.8, 4) is 5.88 Å². The van der Waals surface area contributed by atoms with Crippen LogP contribution in [-0.2, 0) is 4.74 Å². The fourth-order valence-electron chi connectivity index (χ4n) is 2.68. The maximum atomic E-state index is 10.8. The third-order valence-electron chi connectivity index (χ3n) is 4.19. The first-order chi connectivity index (χ1) is 9.42. The molecule has 2 rings (SSSR count). The van der Waals surface area contributed by atoms with Crippen LogP contribution in [0.4, 0.5) is 5.82 Å². The molecule has 0 spiro atoms. The molecule has 1 aliphatic heterocycles. The van der Waals surface area contributed by atoms with Gasteiger partial charge in [-0.2, -0.15) is 0 Å². The Hall–Kier alpha value is -1.40. The number of aliphatic hydroxyl groups is 1. The highest BCUT2D eigenvalue weighted by Gasteiger charge is 2.47. The summed E-state index contributed by atoms with van der Waals surface area (Å²) >= 11 is 0. The number of anilines is 1. The van der Waals surface area contributed by atoms with Gasteiger partial charge in [-0.3, -0.25) is 0 Å². The number of piperidine rings is 1. The molecule has 1 fully saturated rings. The molecule has 0 saturated carbocycles. The third-order valence-corrected chi connectivity index (χ3v) is 4.19. The Kier molecular flexibility index (Phi) is 4.15. The minimum absolute atomic E-state index is 0.292. The van der Waals surface area contributed by atoms with Gasteiger partial charge in [0.2, 0.25) is 5.88 Å². The number of hydrogen-bond acceptors (Lipinski definition) is 6. The zero-order chi connectivity index (χ0) is 14.8. The van der Waals surface area contributed by atoms with Crippen LogP contribution in [-0.4, -0.2) is 54.6 Å². The molecule has 6 nitrogen and oxygen atoms in total. The lowest BCUT2D eigenvalue weighted by Crippen LogP contribution is -2.59. The average molecular weight is 281 g/mol. The van der Waals surface area contributed by atoms with Gasteiger partial charge in [-0.1, -0.05) is 13.8 Å². The molecule has 112 valence electrons. The van der Waals surface area contributed by atoms with Crippen molar-refractivity contribution in [3.63, 3.8) is 0 Å². The van der Waals surface area contributed by atoms with Crippen molar-refractivity contribution < 1.29 is 14.6 Å². The Balaban J connectivity index is 2.18. The van der Waals surface area contributed by atoms with E-state index in [9.17, 15) is 5.11 Å². The van der Waals surface area contributed by atoms with E-state index in [1.807, 2.05) is 6.07 Å². The van der Waals surface area contributed by atoms with Crippen molar-refractivity contribution in [2.45, 2.75) is 25.9 Å². The molecule has 1 aliphatic rings. The zero-order valence-corrected chi connectivity index (χ0v) is 12.6. The fourth-order valence-corrected chi connectivity index (χ4v) is 2.68. The first-order valence-corrected chi connectivity index (χ1v) is 6.74. The molecule has 1 N–H and O–H groups in total. The first-order valence-electron chi connectivity index (χ1n) is 6.74. The van der Waals surface area contributed by atoms with Crippen molar-refractivity contribution in [1.29, 1.82) is 0 Å². The molecule has 6 heteroatoms. The summed E-state index contributed by atoms with van der Waals surface area (Å²) in [5.41, 5.74) is -1.10. The van der Waals surface area contributed by atoms with E-state index >= 15 is 0 Å². The van der Waals surface area contributed by atoms with Gasteiger partial charge >= 0.3 is 0 Å². The van der Waals surface area contributed by atoms with Gasteiger partial charge in [0.15, 0.2) is 0 Å². The summed E-state index contributed by atoms with van der Waals surface area (Å²) in [6.07, 6.45) is 2.14. The lowest BCUT2D eigenvalue weighted by Gasteiger charge is -2.50. The zero-order valence-electron chi connectivity index (χ0n) is 12.6. The molecule has 0 bridgehead atoms. The van der Waals surface area contributed by atoms with Crippen molar-refractivity contribution >= 4 is 5.82 Å². The molecular weight excluding hydrogens is 258 g/mol. The van der Waals surface area contributed by atoms with E-state index in [0.717, 1.165) is 12.4 Å². The van der Waals surface area contributed by atoms with E-state index in [1.165, 1.54) is 6.33 Å². The quantitative estimate of drug-likeness (QED) is 0.891. The van der Waals surface area contributed by atoms with Crippen molar-refractivity contribution in [1.82, 2.24) is 9.97 Å². The van der Waals surface area contributed by atoms with Gasteiger partial charge in [0.1, 0.15) is 12.1 Å². The Labute approximate surface area is 119 Å². The minimum atomic E-state index is -0.810. The van der Waals surface area contributed by atoms with Gasteiger partial charge in [-0.05, 0) is 6.42 Å². The summed E-state index contributed by atoms with van der Waals surface area (Å²) in [4.78, 5) is 10.5. The van der Waals surface area contributed by atoms with E-state index in [1.54, 1.807) is 14.2 Å². The predicted molar refractivity (Wildman–Crippen MR) is 76.0 cm³/mol. The molecule has 0 unspecified atom stereocenters. The van der Waals surface area contributed by atoms with E-state index in [0.29, 0.717) is 25.5 Å². The molecule has 1 aromatic heterocycles. The highest BCUT2D eigenvalue weighted by molar-refractivity contribution is 5.42. The largest absolute Gasteiger partial charge is 0.481 e. The average Bonchev–Trinajstić information content (AvgIpc) is 2.42. The van der Waals surface area contributed by atoms with Gasteiger partial charge in [0.05, 0.1) is 19.3 Å². The van der Waals surface area contributed by atoms with Crippen LogP contribution in [0.5, 0.6) is 5.88 Å². The van der Waals surface area contributed by atoms with E-state index in [4.69, 9.17) is 9.47 Å². The lowest BCUT2D eigenvalue weighted by molar-refractivity contribution is -0.122. The SMILES string of the molecule is COC[C@]1(O)CCN(c2cc(OC)ncn2)CC1(C)C. The number of nitrogens with zero attached hydrogens (tertiary/aromatic N) is 3. The highest BCUT2D eigenvalue weighted by atomic mass is 16.5. The van der Waals surface area contributed by atoms with Crippen LogP contribution < -0.4 is 9.64 Å². The smallest absolute Gasteiger partial charge is 0.218 e. The molecule has 1 atom stereocenters. The van der Waals surface area contributed by atoms with Crippen LogP contribution in [0.25, 0.3) is 0 Å². The molecule has 20 heavy (non-hydrogen) atoms. The second-order valence-corrected chi connectivity index (χ2v) is 5.94. The summed E-state index contributed by atoms with van der Waals surface area (Å²) < 4.78 is 10.3. The molecule has 0 amide bonds.